The van der Waals surface area contributed by atoms with Crippen LogP contribution >= 0.6 is 0 Å². The standard InChI is InChI=1S/C13H9FN4O/c14-12-10(2-1-5-15-12)13(19)17-9-4-3-8-7-16-18-11(8)6-9/h1-7H,(H,16,18)(H,17,19). The van der Waals surface area contributed by atoms with Crippen LogP contribution in [0.3, 0.4) is 0 Å². The number of hydrogen-bond acceptors (Lipinski definition) is 3. The first kappa shape index (κ1) is 11.3. The Morgan fingerprint density at radius 2 is 2.21 bits per heavy atom. The number of halogens is 1. The highest BCUT2D eigenvalue weighted by Gasteiger charge is 2.12. The van der Waals surface area contributed by atoms with Gasteiger partial charge in [0, 0.05) is 17.3 Å². The Morgan fingerprint density at radius 3 is 3.05 bits per heavy atom. The van der Waals surface area contributed by atoms with E-state index in [1.54, 1.807) is 18.3 Å². The Bertz CT molecular complexity index is 753. The average molecular weight is 256 g/mol. The molecule has 19 heavy (non-hydrogen) atoms. The zero-order valence-electron chi connectivity index (χ0n) is 9.72. The number of amides is 1. The Kier molecular flexibility index (Phi) is 2.68. The van der Waals surface area contributed by atoms with Crippen LogP contribution in [0.25, 0.3) is 10.9 Å². The minimum absolute atomic E-state index is 0.0905. The number of carbonyl (C=O) groups is 1. The minimum Gasteiger partial charge on any atom is -0.322 e. The molecule has 0 saturated heterocycles. The molecule has 0 aliphatic rings. The molecule has 0 saturated carbocycles. The second kappa shape index (κ2) is 4.49. The molecule has 1 amide bonds. The van der Waals surface area contributed by atoms with Crippen LogP contribution in [0, 0.1) is 5.95 Å². The molecule has 0 aliphatic carbocycles. The third-order valence-corrected chi connectivity index (χ3v) is 2.70. The monoisotopic (exact) mass is 256 g/mol. The number of anilines is 1. The average Bonchev–Trinajstić information content (AvgIpc) is 2.86. The Hall–Kier alpha value is -2.76. The van der Waals surface area contributed by atoms with Gasteiger partial charge in [-0.25, -0.2) is 4.98 Å². The number of carbonyl (C=O) groups excluding carboxylic acids is 1. The molecule has 94 valence electrons. The number of hydrogen-bond donors (Lipinski definition) is 2. The lowest BCUT2D eigenvalue weighted by atomic mass is 10.2. The molecule has 0 aliphatic heterocycles. The van der Waals surface area contributed by atoms with Crippen LogP contribution < -0.4 is 5.32 Å². The first-order valence-corrected chi connectivity index (χ1v) is 5.59. The number of aromatic amines is 1. The van der Waals surface area contributed by atoms with Gasteiger partial charge in [0.1, 0.15) is 0 Å². The molecule has 6 heteroatoms. The molecule has 0 fully saturated rings. The molecule has 0 radical (unpaired) electrons. The maximum atomic E-state index is 13.4. The molecule has 2 aromatic heterocycles. The van der Waals surface area contributed by atoms with Crippen molar-refractivity contribution in [3.05, 3.63) is 54.2 Å². The lowest BCUT2D eigenvalue weighted by Gasteiger charge is -2.05. The van der Waals surface area contributed by atoms with Crippen molar-refractivity contribution >= 4 is 22.5 Å². The molecule has 0 atom stereocenters. The third kappa shape index (κ3) is 2.15. The van der Waals surface area contributed by atoms with Crippen molar-refractivity contribution in [1.82, 2.24) is 15.2 Å². The molecule has 2 heterocycles. The van der Waals surface area contributed by atoms with E-state index in [9.17, 15) is 9.18 Å². The highest BCUT2D eigenvalue weighted by Crippen LogP contribution is 2.17. The van der Waals surface area contributed by atoms with Gasteiger partial charge >= 0.3 is 0 Å². The summed E-state index contributed by atoms with van der Waals surface area (Å²) in [6.45, 7) is 0. The van der Waals surface area contributed by atoms with Crippen LogP contribution in [0.15, 0.2) is 42.7 Å². The Balaban J connectivity index is 1.88. The highest BCUT2D eigenvalue weighted by atomic mass is 19.1. The zero-order chi connectivity index (χ0) is 13.2. The molecule has 3 rings (SSSR count). The number of fused-ring (bicyclic) bond motifs is 1. The molecule has 0 bridgehead atoms. The maximum Gasteiger partial charge on any atom is 0.260 e. The quantitative estimate of drug-likeness (QED) is 0.691. The number of benzene rings is 1. The fourth-order valence-corrected chi connectivity index (χ4v) is 1.77. The second-order valence-electron chi connectivity index (χ2n) is 3.97. The Labute approximate surface area is 107 Å². The molecule has 3 aromatic rings. The third-order valence-electron chi connectivity index (χ3n) is 2.70. The van der Waals surface area contributed by atoms with Gasteiger partial charge in [0.2, 0.25) is 5.95 Å². The van der Waals surface area contributed by atoms with Gasteiger partial charge in [-0.15, -0.1) is 0 Å². The number of nitrogens with zero attached hydrogens (tertiary/aromatic N) is 2. The van der Waals surface area contributed by atoms with Crippen LogP contribution in [0.4, 0.5) is 10.1 Å². The largest absolute Gasteiger partial charge is 0.322 e. The predicted octanol–water partition coefficient (Wildman–Crippen LogP) is 2.35. The Morgan fingerprint density at radius 1 is 1.32 bits per heavy atom. The summed E-state index contributed by atoms with van der Waals surface area (Å²) in [7, 11) is 0. The lowest BCUT2D eigenvalue weighted by molar-refractivity contribution is 0.102. The van der Waals surface area contributed by atoms with Gasteiger partial charge < -0.3 is 5.32 Å². The fourth-order valence-electron chi connectivity index (χ4n) is 1.77. The van der Waals surface area contributed by atoms with Crippen LogP contribution in [0.2, 0.25) is 0 Å². The van der Waals surface area contributed by atoms with E-state index in [0.29, 0.717) is 5.69 Å². The van der Waals surface area contributed by atoms with Gasteiger partial charge in [-0.2, -0.15) is 9.49 Å². The number of pyridine rings is 1. The molecule has 0 spiro atoms. The summed E-state index contributed by atoms with van der Waals surface area (Å²) in [5, 5.41) is 10.2. The maximum absolute atomic E-state index is 13.4. The van der Waals surface area contributed by atoms with Gasteiger partial charge in [0.25, 0.3) is 5.91 Å². The number of nitrogens with one attached hydrogen (secondary N) is 2. The number of H-pyrrole nitrogens is 1. The molecule has 5 nitrogen and oxygen atoms in total. The minimum atomic E-state index is -0.789. The van der Waals surface area contributed by atoms with E-state index in [4.69, 9.17) is 0 Å². The van der Waals surface area contributed by atoms with E-state index >= 15 is 0 Å². The first-order chi connectivity index (χ1) is 9.24. The van der Waals surface area contributed by atoms with E-state index in [2.05, 4.69) is 20.5 Å². The highest BCUT2D eigenvalue weighted by molar-refractivity contribution is 6.04. The fraction of sp³-hybridized carbons (Fsp3) is 0. The number of rotatable bonds is 2. The van der Waals surface area contributed by atoms with Crippen molar-refractivity contribution in [2.45, 2.75) is 0 Å². The molecule has 1 aromatic carbocycles. The van der Waals surface area contributed by atoms with Crippen molar-refractivity contribution in [3.8, 4) is 0 Å². The summed E-state index contributed by atoms with van der Waals surface area (Å²) in [6, 6.07) is 8.16. The van der Waals surface area contributed by atoms with E-state index in [-0.39, 0.29) is 5.56 Å². The van der Waals surface area contributed by atoms with E-state index in [1.807, 2.05) is 6.07 Å². The van der Waals surface area contributed by atoms with Crippen molar-refractivity contribution in [3.63, 3.8) is 0 Å². The normalized spacial score (nSPS) is 10.6. The summed E-state index contributed by atoms with van der Waals surface area (Å²) >= 11 is 0. The topological polar surface area (TPSA) is 70.7 Å². The van der Waals surface area contributed by atoms with Crippen molar-refractivity contribution in [2.24, 2.45) is 0 Å². The lowest BCUT2D eigenvalue weighted by Crippen LogP contribution is -2.14. The number of aromatic nitrogens is 3. The van der Waals surface area contributed by atoms with E-state index in [1.165, 1.54) is 18.3 Å². The summed E-state index contributed by atoms with van der Waals surface area (Å²) in [5.41, 5.74) is 1.27. The van der Waals surface area contributed by atoms with Gasteiger partial charge in [0.15, 0.2) is 0 Å². The van der Waals surface area contributed by atoms with Crippen LogP contribution in [0.5, 0.6) is 0 Å². The van der Waals surface area contributed by atoms with Crippen molar-refractivity contribution in [2.75, 3.05) is 5.32 Å². The van der Waals surface area contributed by atoms with E-state index in [0.717, 1.165) is 10.9 Å². The summed E-state index contributed by atoms with van der Waals surface area (Å²) in [5.74, 6) is -1.33. The van der Waals surface area contributed by atoms with Crippen LogP contribution in [0.1, 0.15) is 10.4 Å². The van der Waals surface area contributed by atoms with E-state index < -0.39 is 11.9 Å². The summed E-state index contributed by atoms with van der Waals surface area (Å²) in [6.07, 6.45) is 2.98. The van der Waals surface area contributed by atoms with Gasteiger partial charge in [-0.3, -0.25) is 9.89 Å². The van der Waals surface area contributed by atoms with Crippen LogP contribution in [-0.2, 0) is 0 Å². The van der Waals surface area contributed by atoms with Gasteiger partial charge in [-0.1, -0.05) is 0 Å². The molecule has 2 N–H and O–H groups in total. The smallest absolute Gasteiger partial charge is 0.260 e. The summed E-state index contributed by atoms with van der Waals surface area (Å²) in [4.78, 5) is 15.3. The SMILES string of the molecule is O=C(Nc1ccc2cn[nH]c2c1)c1cccnc1F. The van der Waals surface area contributed by atoms with Crippen LogP contribution in [-0.4, -0.2) is 21.1 Å². The predicted molar refractivity (Wildman–Crippen MR) is 68.2 cm³/mol. The first-order valence-electron chi connectivity index (χ1n) is 5.59. The van der Waals surface area contributed by atoms with Crippen molar-refractivity contribution in [1.29, 1.82) is 0 Å². The molecule has 0 unspecified atom stereocenters. The van der Waals surface area contributed by atoms with Gasteiger partial charge in [-0.05, 0) is 30.3 Å². The van der Waals surface area contributed by atoms with Gasteiger partial charge in [0.05, 0.1) is 17.3 Å². The second-order valence-corrected chi connectivity index (χ2v) is 3.97. The molecular weight excluding hydrogens is 247 g/mol. The molecular formula is C13H9FN4O. The van der Waals surface area contributed by atoms with Crippen molar-refractivity contribution < 1.29 is 9.18 Å². The summed E-state index contributed by atoms with van der Waals surface area (Å²) < 4.78 is 13.4. The zero-order valence-corrected chi connectivity index (χ0v) is 9.72.